The average Bonchev–Trinajstić information content (AvgIpc) is 2.49. The number of anilines is 3. The van der Waals surface area contributed by atoms with Crippen LogP contribution in [0.25, 0.3) is 0 Å². The molecule has 3 N–H and O–H groups in total. The van der Waals surface area contributed by atoms with E-state index in [2.05, 4.69) is 11.4 Å². The predicted molar refractivity (Wildman–Crippen MR) is 85.5 cm³/mol. The molecular weight excluding hydrogens is 272 g/mol. The summed E-state index contributed by atoms with van der Waals surface area (Å²) < 4.78 is 10.5. The van der Waals surface area contributed by atoms with Crippen molar-refractivity contribution in [1.29, 1.82) is 0 Å². The van der Waals surface area contributed by atoms with Crippen molar-refractivity contribution < 1.29 is 9.47 Å². The summed E-state index contributed by atoms with van der Waals surface area (Å²) in [6.07, 6.45) is 2.04. The molecule has 0 saturated carbocycles. The number of rotatable bonds is 5. The lowest BCUT2D eigenvalue weighted by atomic mass is 10.2. The van der Waals surface area contributed by atoms with Crippen LogP contribution in [0.15, 0.2) is 41.3 Å². The summed E-state index contributed by atoms with van der Waals surface area (Å²) in [6.45, 7) is 0. The number of nitrogen functional groups attached to an aromatic ring is 1. The molecule has 2 rings (SSSR count). The predicted octanol–water partition coefficient (Wildman–Crippen LogP) is 3.75. The monoisotopic (exact) mass is 290 g/mol. The van der Waals surface area contributed by atoms with Gasteiger partial charge in [0.1, 0.15) is 0 Å². The molecule has 106 valence electrons. The summed E-state index contributed by atoms with van der Waals surface area (Å²) in [5, 5.41) is 3.34. The zero-order chi connectivity index (χ0) is 14.5. The molecule has 0 aromatic heterocycles. The first-order valence-corrected chi connectivity index (χ1v) is 7.33. The van der Waals surface area contributed by atoms with Crippen LogP contribution in [0.1, 0.15) is 0 Å². The Morgan fingerprint density at radius 1 is 1.00 bits per heavy atom. The van der Waals surface area contributed by atoms with Crippen LogP contribution < -0.4 is 20.5 Å². The number of methoxy groups -OCH3 is 2. The number of nitrogens with one attached hydrogen (secondary N) is 1. The second-order valence-corrected chi connectivity index (χ2v) is 4.97. The molecule has 0 amide bonds. The third kappa shape index (κ3) is 2.93. The molecule has 2 aromatic carbocycles. The van der Waals surface area contributed by atoms with Crippen LogP contribution in [0.2, 0.25) is 0 Å². The first kappa shape index (κ1) is 14.4. The number of nitrogens with two attached hydrogens (primary N) is 1. The van der Waals surface area contributed by atoms with E-state index >= 15 is 0 Å². The van der Waals surface area contributed by atoms with E-state index in [4.69, 9.17) is 15.2 Å². The van der Waals surface area contributed by atoms with Gasteiger partial charge in [0.25, 0.3) is 0 Å². The Morgan fingerprint density at radius 2 is 1.65 bits per heavy atom. The molecule has 0 aliphatic rings. The van der Waals surface area contributed by atoms with Gasteiger partial charge in [0.15, 0.2) is 11.5 Å². The Labute approximate surface area is 123 Å². The van der Waals surface area contributed by atoms with Crippen LogP contribution >= 0.6 is 11.8 Å². The van der Waals surface area contributed by atoms with Gasteiger partial charge in [0, 0.05) is 17.0 Å². The maximum atomic E-state index is 6.06. The van der Waals surface area contributed by atoms with E-state index in [1.165, 1.54) is 0 Å². The molecule has 5 heteroatoms. The van der Waals surface area contributed by atoms with Crippen LogP contribution in [-0.2, 0) is 0 Å². The Kier molecular flexibility index (Phi) is 4.63. The number of ether oxygens (including phenoxy) is 2. The van der Waals surface area contributed by atoms with Gasteiger partial charge in [-0.2, -0.15) is 0 Å². The Morgan fingerprint density at radius 3 is 2.30 bits per heavy atom. The minimum atomic E-state index is 0.610. The highest BCUT2D eigenvalue weighted by molar-refractivity contribution is 7.98. The molecule has 0 aliphatic heterocycles. The Hall–Kier alpha value is -2.01. The van der Waals surface area contributed by atoms with Gasteiger partial charge in [-0.05, 0) is 18.4 Å². The minimum Gasteiger partial charge on any atom is -0.493 e. The van der Waals surface area contributed by atoms with Gasteiger partial charge < -0.3 is 20.5 Å². The summed E-state index contributed by atoms with van der Waals surface area (Å²) in [7, 11) is 3.20. The lowest BCUT2D eigenvalue weighted by molar-refractivity contribution is 0.355. The molecule has 0 saturated heterocycles. The largest absolute Gasteiger partial charge is 0.493 e. The molecule has 0 bridgehead atoms. The van der Waals surface area contributed by atoms with Crippen molar-refractivity contribution in [2.45, 2.75) is 4.90 Å². The third-order valence-electron chi connectivity index (χ3n) is 2.93. The zero-order valence-electron chi connectivity index (χ0n) is 11.8. The van der Waals surface area contributed by atoms with Gasteiger partial charge in [-0.15, -0.1) is 11.8 Å². The summed E-state index contributed by atoms with van der Waals surface area (Å²) in [5.74, 6) is 1.26. The van der Waals surface area contributed by atoms with E-state index in [1.54, 1.807) is 32.0 Å². The molecular formula is C15H18N2O2S. The van der Waals surface area contributed by atoms with Gasteiger partial charge in [-0.25, -0.2) is 0 Å². The van der Waals surface area contributed by atoms with E-state index in [1.807, 2.05) is 30.5 Å². The molecule has 0 spiro atoms. The number of benzene rings is 2. The van der Waals surface area contributed by atoms with Crippen molar-refractivity contribution >= 4 is 28.8 Å². The van der Waals surface area contributed by atoms with Crippen molar-refractivity contribution in [1.82, 2.24) is 0 Å². The highest BCUT2D eigenvalue weighted by Crippen LogP contribution is 2.37. The maximum absolute atomic E-state index is 6.06. The average molecular weight is 290 g/mol. The molecule has 20 heavy (non-hydrogen) atoms. The quantitative estimate of drug-likeness (QED) is 0.649. The van der Waals surface area contributed by atoms with Crippen molar-refractivity contribution in [2.75, 3.05) is 31.5 Å². The van der Waals surface area contributed by atoms with E-state index < -0.39 is 0 Å². The van der Waals surface area contributed by atoms with Crippen LogP contribution in [0.4, 0.5) is 17.1 Å². The van der Waals surface area contributed by atoms with E-state index in [0.29, 0.717) is 17.2 Å². The van der Waals surface area contributed by atoms with Crippen molar-refractivity contribution in [3.63, 3.8) is 0 Å². The lowest BCUT2D eigenvalue weighted by Gasteiger charge is -2.15. The zero-order valence-corrected chi connectivity index (χ0v) is 12.6. The number of hydrogen-bond donors (Lipinski definition) is 2. The fourth-order valence-corrected chi connectivity index (χ4v) is 2.45. The lowest BCUT2D eigenvalue weighted by Crippen LogP contribution is -2.00. The standard InChI is InChI=1S/C15H18N2O2S/c1-18-13-8-10(16)12(9-14(13)19-2)17-11-6-4-5-7-15(11)20-3/h4-9,17H,16H2,1-3H3. The van der Waals surface area contributed by atoms with E-state index in [9.17, 15) is 0 Å². The first-order chi connectivity index (χ1) is 9.69. The number of para-hydroxylation sites is 1. The molecule has 0 atom stereocenters. The van der Waals surface area contributed by atoms with Crippen LogP contribution in [0.3, 0.4) is 0 Å². The smallest absolute Gasteiger partial charge is 0.162 e. The number of hydrogen-bond acceptors (Lipinski definition) is 5. The SMILES string of the molecule is COc1cc(N)c(Nc2ccccc2SC)cc1OC. The molecule has 0 aliphatic carbocycles. The molecule has 0 heterocycles. The van der Waals surface area contributed by atoms with Gasteiger partial charge in [-0.3, -0.25) is 0 Å². The summed E-state index contributed by atoms with van der Waals surface area (Å²) in [4.78, 5) is 1.15. The van der Waals surface area contributed by atoms with Gasteiger partial charge in [-0.1, -0.05) is 12.1 Å². The summed E-state index contributed by atoms with van der Waals surface area (Å²) >= 11 is 1.68. The first-order valence-electron chi connectivity index (χ1n) is 6.11. The highest BCUT2D eigenvalue weighted by Gasteiger charge is 2.10. The van der Waals surface area contributed by atoms with Gasteiger partial charge in [0.05, 0.1) is 31.3 Å². The Balaban J connectivity index is 2.38. The highest BCUT2D eigenvalue weighted by atomic mass is 32.2. The van der Waals surface area contributed by atoms with Crippen LogP contribution in [0, 0.1) is 0 Å². The molecule has 2 aromatic rings. The molecule has 0 fully saturated rings. The molecule has 0 unspecified atom stereocenters. The van der Waals surface area contributed by atoms with Crippen LogP contribution in [0.5, 0.6) is 11.5 Å². The van der Waals surface area contributed by atoms with Crippen molar-refractivity contribution in [2.24, 2.45) is 0 Å². The second kappa shape index (κ2) is 6.43. The number of thioether (sulfide) groups is 1. The fraction of sp³-hybridized carbons (Fsp3) is 0.200. The van der Waals surface area contributed by atoms with Crippen molar-refractivity contribution in [3.05, 3.63) is 36.4 Å². The topological polar surface area (TPSA) is 56.5 Å². The van der Waals surface area contributed by atoms with E-state index in [0.717, 1.165) is 16.3 Å². The normalized spacial score (nSPS) is 10.2. The molecule has 0 radical (unpaired) electrons. The minimum absolute atomic E-state index is 0.610. The summed E-state index contributed by atoms with van der Waals surface area (Å²) in [5.41, 5.74) is 8.47. The second-order valence-electron chi connectivity index (χ2n) is 4.12. The van der Waals surface area contributed by atoms with Crippen LogP contribution in [-0.4, -0.2) is 20.5 Å². The fourth-order valence-electron chi connectivity index (χ4n) is 1.90. The third-order valence-corrected chi connectivity index (χ3v) is 3.73. The Bertz CT molecular complexity index is 602. The summed E-state index contributed by atoms with van der Waals surface area (Å²) in [6, 6.07) is 11.7. The maximum Gasteiger partial charge on any atom is 0.162 e. The van der Waals surface area contributed by atoms with Gasteiger partial charge >= 0.3 is 0 Å². The van der Waals surface area contributed by atoms with Crippen molar-refractivity contribution in [3.8, 4) is 11.5 Å². The van der Waals surface area contributed by atoms with Gasteiger partial charge in [0.2, 0.25) is 0 Å². The molecule has 4 nitrogen and oxygen atoms in total. The van der Waals surface area contributed by atoms with E-state index in [-0.39, 0.29) is 0 Å².